The number of carbonyl (C=O) groups is 2. The fourth-order valence-corrected chi connectivity index (χ4v) is 1.71. The van der Waals surface area contributed by atoms with Crippen LogP contribution in [0.3, 0.4) is 0 Å². The van der Waals surface area contributed by atoms with Crippen LogP contribution in [0.15, 0.2) is 0 Å². The molecule has 0 spiro atoms. The Bertz CT molecular complexity index is 191. The first kappa shape index (κ1) is 25.9. The van der Waals surface area contributed by atoms with Crippen molar-refractivity contribution in [3.8, 4) is 0 Å². The summed E-state index contributed by atoms with van der Waals surface area (Å²) >= 11 is 0. The fraction of sp³-hybridized carbons (Fsp3) is 0.889. The van der Waals surface area contributed by atoms with Gasteiger partial charge in [-0.3, -0.25) is 0 Å². The maximum atomic E-state index is 9.10. The van der Waals surface area contributed by atoms with Crippen molar-refractivity contribution in [2.24, 2.45) is 0 Å². The molecule has 0 bridgehead atoms. The third-order valence-corrected chi connectivity index (χ3v) is 3.10. The SMILES string of the molecule is CCCCCCCC.CCCCCCCC.O=C(O)C(=O)O. The largest absolute Gasteiger partial charge is 0.473 e. The first-order valence-corrected chi connectivity index (χ1v) is 8.93. The number of hydrogen-bond acceptors (Lipinski definition) is 2. The highest BCUT2D eigenvalue weighted by atomic mass is 16.4. The van der Waals surface area contributed by atoms with E-state index in [0.717, 1.165) is 0 Å². The summed E-state index contributed by atoms with van der Waals surface area (Å²) < 4.78 is 0. The molecule has 0 heterocycles. The minimum Gasteiger partial charge on any atom is -0.473 e. The van der Waals surface area contributed by atoms with Gasteiger partial charge in [0.1, 0.15) is 0 Å². The van der Waals surface area contributed by atoms with Crippen molar-refractivity contribution in [2.75, 3.05) is 0 Å². The van der Waals surface area contributed by atoms with Gasteiger partial charge in [-0.1, -0.05) is 105 Å². The summed E-state index contributed by atoms with van der Waals surface area (Å²) in [7, 11) is 0. The summed E-state index contributed by atoms with van der Waals surface area (Å²) in [6, 6.07) is 0. The van der Waals surface area contributed by atoms with Gasteiger partial charge < -0.3 is 10.2 Å². The standard InChI is InChI=1S/2C8H18.C2H2O4/c2*1-3-5-7-8-6-4-2;3-1(4)2(5)6/h2*3-8H2,1-2H3;(H,3,4)(H,5,6). The van der Waals surface area contributed by atoms with Crippen LogP contribution < -0.4 is 0 Å². The Morgan fingerprint density at radius 2 is 0.682 bits per heavy atom. The molecule has 0 radical (unpaired) electrons. The van der Waals surface area contributed by atoms with E-state index in [1.165, 1.54) is 77.0 Å². The van der Waals surface area contributed by atoms with Gasteiger partial charge in [0.05, 0.1) is 0 Å². The highest BCUT2D eigenvalue weighted by molar-refractivity contribution is 6.27. The Labute approximate surface area is 137 Å². The van der Waals surface area contributed by atoms with Gasteiger partial charge in [0.2, 0.25) is 0 Å². The Morgan fingerprint density at radius 3 is 0.773 bits per heavy atom. The Balaban J connectivity index is -0.000000249. The molecule has 0 atom stereocenters. The minimum absolute atomic E-state index is 1.36. The van der Waals surface area contributed by atoms with Crippen LogP contribution in [0, 0.1) is 0 Å². The van der Waals surface area contributed by atoms with Gasteiger partial charge in [-0.2, -0.15) is 0 Å². The van der Waals surface area contributed by atoms with Crippen molar-refractivity contribution < 1.29 is 19.8 Å². The molecule has 0 aromatic rings. The monoisotopic (exact) mass is 318 g/mol. The van der Waals surface area contributed by atoms with Crippen LogP contribution in [0.5, 0.6) is 0 Å². The average molecular weight is 318 g/mol. The lowest BCUT2D eigenvalue weighted by Gasteiger charge is -1.93. The van der Waals surface area contributed by atoms with E-state index in [-0.39, 0.29) is 0 Å². The van der Waals surface area contributed by atoms with Gasteiger partial charge in [-0.05, 0) is 0 Å². The molecule has 0 aromatic heterocycles. The van der Waals surface area contributed by atoms with Crippen LogP contribution in [0.2, 0.25) is 0 Å². The Hall–Kier alpha value is -1.06. The van der Waals surface area contributed by atoms with Crippen molar-refractivity contribution in [1.82, 2.24) is 0 Å². The summed E-state index contributed by atoms with van der Waals surface area (Å²) in [5.41, 5.74) is 0. The number of hydrogen-bond donors (Lipinski definition) is 2. The highest BCUT2D eigenvalue weighted by Gasteiger charge is 2.04. The number of carboxylic acid groups (broad SMARTS) is 2. The topological polar surface area (TPSA) is 74.6 Å². The second-order valence-electron chi connectivity index (χ2n) is 5.44. The maximum absolute atomic E-state index is 9.10. The molecule has 4 nitrogen and oxygen atoms in total. The van der Waals surface area contributed by atoms with Crippen LogP contribution in [-0.4, -0.2) is 22.2 Å². The van der Waals surface area contributed by atoms with Crippen molar-refractivity contribution >= 4 is 11.9 Å². The molecule has 0 rings (SSSR count). The molecule has 0 saturated carbocycles. The first-order chi connectivity index (χ1) is 10.5. The molecule has 0 aliphatic heterocycles. The molecule has 22 heavy (non-hydrogen) atoms. The van der Waals surface area contributed by atoms with Gasteiger partial charge in [0, 0.05) is 0 Å². The lowest BCUT2D eigenvalue weighted by molar-refractivity contribution is -0.159. The van der Waals surface area contributed by atoms with Crippen LogP contribution in [-0.2, 0) is 9.59 Å². The molecule has 0 aliphatic carbocycles. The van der Waals surface area contributed by atoms with Crippen LogP contribution in [0.1, 0.15) is 105 Å². The molecule has 0 aromatic carbocycles. The molecule has 0 amide bonds. The predicted molar refractivity (Wildman–Crippen MR) is 93.4 cm³/mol. The van der Waals surface area contributed by atoms with E-state index < -0.39 is 11.9 Å². The van der Waals surface area contributed by atoms with E-state index in [1.54, 1.807) is 0 Å². The first-order valence-electron chi connectivity index (χ1n) is 8.93. The van der Waals surface area contributed by atoms with E-state index in [4.69, 9.17) is 19.8 Å². The van der Waals surface area contributed by atoms with Gasteiger partial charge >= 0.3 is 11.9 Å². The van der Waals surface area contributed by atoms with Crippen LogP contribution in [0.4, 0.5) is 0 Å². The molecule has 2 N–H and O–H groups in total. The third kappa shape index (κ3) is 36.4. The van der Waals surface area contributed by atoms with Crippen molar-refractivity contribution in [1.29, 1.82) is 0 Å². The summed E-state index contributed by atoms with van der Waals surface area (Å²) in [4.78, 5) is 18.2. The van der Waals surface area contributed by atoms with E-state index >= 15 is 0 Å². The lowest BCUT2D eigenvalue weighted by Crippen LogP contribution is -2.09. The zero-order valence-corrected chi connectivity index (χ0v) is 15.2. The molecule has 0 saturated heterocycles. The second kappa shape index (κ2) is 24.9. The summed E-state index contributed by atoms with van der Waals surface area (Å²) in [5.74, 6) is -3.65. The molecular formula is C18H38O4. The van der Waals surface area contributed by atoms with Crippen molar-refractivity contribution in [2.45, 2.75) is 105 Å². The molecule has 0 unspecified atom stereocenters. The number of carboxylic acids is 2. The van der Waals surface area contributed by atoms with Gasteiger partial charge in [-0.15, -0.1) is 0 Å². The Morgan fingerprint density at radius 1 is 0.500 bits per heavy atom. The zero-order valence-electron chi connectivity index (χ0n) is 15.2. The summed E-state index contributed by atoms with van der Waals surface area (Å²) in [6.07, 6.45) is 17.0. The van der Waals surface area contributed by atoms with E-state index in [2.05, 4.69) is 27.7 Å². The second-order valence-corrected chi connectivity index (χ2v) is 5.44. The van der Waals surface area contributed by atoms with E-state index in [1.807, 2.05) is 0 Å². The molecular weight excluding hydrogens is 280 g/mol. The third-order valence-electron chi connectivity index (χ3n) is 3.10. The van der Waals surface area contributed by atoms with Crippen molar-refractivity contribution in [3.63, 3.8) is 0 Å². The average Bonchev–Trinajstić information content (AvgIpc) is 2.49. The number of rotatable bonds is 10. The maximum Gasteiger partial charge on any atom is 0.414 e. The van der Waals surface area contributed by atoms with Gasteiger partial charge in [-0.25, -0.2) is 9.59 Å². The van der Waals surface area contributed by atoms with Gasteiger partial charge in [0.15, 0.2) is 0 Å². The quantitative estimate of drug-likeness (QED) is 0.389. The highest BCUT2D eigenvalue weighted by Crippen LogP contribution is 2.04. The van der Waals surface area contributed by atoms with Crippen molar-refractivity contribution in [3.05, 3.63) is 0 Å². The van der Waals surface area contributed by atoms with Gasteiger partial charge in [0.25, 0.3) is 0 Å². The van der Waals surface area contributed by atoms with E-state index in [0.29, 0.717) is 0 Å². The van der Waals surface area contributed by atoms with Crippen LogP contribution in [0.25, 0.3) is 0 Å². The lowest BCUT2D eigenvalue weighted by atomic mass is 10.1. The Kier molecular flexibility index (Phi) is 29.3. The fourth-order valence-electron chi connectivity index (χ4n) is 1.71. The van der Waals surface area contributed by atoms with E-state index in [9.17, 15) is 0 Å². The van der Waals surface area contributed by atoms with Crippen LogP contribution >= 0.6 is 0 Å². The zero-order chi connectivity index (χ0) is 17.6. The molecule has 0 aliphatic rings. The molecule has 134 valence electrons. The predicted octanol–water partition coefficient (Wildman–Crippen LogP) is 5.89. The normalized spacial score (nSPS) is 9.09. The summed E-state index contributed by atoms with van der Waals surface area (Å²) in [6.45, 7) is 9.02. The smallest absolute Gasteiger partial charge is 0.414 e. The molecule has 0 fully saturated rings. The number of unbranched alkanes of at least 4 members (excludes halogenated alkanes) is 10. The molecule has 4 heteroatoms. The minimum atomic E-state index is -1.82. The number of aliphatic carboxylic acids is 2. The summed E-state index contributed by atoms with van der Waals surface area (Å²) in [5, 5.41) is 14.8.